The summed E-state index contributed by atoms with van der Waals surface area (Å²) >= 11 is 7.54. The lowest BCUT2D eigenvalue weighted by atomic mass is 10.2. The normalized spacial score (nSPS) is 21.1. The second-order valence-electron chi connectivity index (χ2n) is 3.50. The monoisotopic (exact) mass is 259 g/mol. The molecule has 1 aromatic heterocycles. The first-order valence-corrected chi connectivity index (χ1v) is 6.87. The molecule has 1 saturated heterocycles. The maximum absolute atomic E-state index is 5.93. The van der Waals surface area contributed by atoms with E-state index in [2.05, 4.69) is 14.9 Å². The molecular weight excluding hydrogens is 246 g/mol. The van der Waals surface area contributed by atoms with Crippen molar-refractivity contribution in [3.63, 3.8) is 0 Å². The summed E-state index contributed by atoms with van der Waals surface area (Å²) in [5, 5.41) is 0.977. The Bertz CT molecular complexity index is 353. The fraction of sp³-hybridized carbons (Fsp3) is 0.600. The van der Waals surface area contributed by atoms with Crippen LogP contribution in [0.2, 0.25) is 0 Å². The largest absolute Gasteiger partial charge is 0.377 e. The van der Waals surface area contributed by atoms with E-state index in [0.717, 1.165) is 24.0 Å². The maximum Gasteiger partial charge on any atom is 0.133 e. The van der Waals surface area contributed by atoms with Crippen LogP contribution in [0, 0.1) is 0 Å². The number of rotatable bonds is 3. The van der Waals surface area contributed by atoms with Crippen LogP contribution in [0.3, 0.4) is 0 Å². The zero-order valence-corrected chi connectivity index (χ0v) is 10.7. The van der Waals surface area contributed by atoms with Crippen LogP contribution in [-0.4, -0.2) is 47.9 Å². The van der Waals surface area contributed by atoms with Crippen LogP contribution in [0.4, 0.5) is 5.82 Å². The van der Waals surface area contributed by atoms with E-state index in [0.29, 0.717) is 12.5 Å². The van der Waals surface area contributed by atoms with Gasteiger partial charge in [0.25, 0.3) is 0 Å². The van der Waals surface area contributed by atoms with Gasteiger partial charge in [-0.05, 0) is 6.26 Å². The zero-order valence-electron chi connectivity index (χ0n) is 9.10. The summed E-state index contributed by atoms with van der Waals surface area (Å²) in [5.41, 5.74) is 0. The van der Waals surface area contributed by atoms with Crippen LogP contribution in [0.5, 0.6) is 0 Å². The highest BCUT2D eigenvalue weighted by atomic mass is 35.5. The second kappa shape index (κ2) is 5.70. The smallest absolute Gasteiger partial charge is 0.133 e. The molecule has 0 N–H and O–H groups in total. The lowest BCUT2D eigenvalue weighted by molar-refractivity contribution is 0.0993. The molecule has 16 heavy (non-hydrogen) atoms. The van der Waals surface area contributed by atoms with Crippen LogP contribution in [0.15, 0.2) is 17.4 Å². The maximum atomic E-state index is 5.93. The van der Waals surface area contributed by atoms with Gasteiger partial charge in [-0.25, -0.2) is 9.97 Å². The fourth-order valence-electron chi connectivity index (χ4n) is 1.68. The standard InChI is InChI=1S/C10H14ClN3OS/c1-16-10-4-9(12-7-13-10)14-2-3-15-6-8(14)5-11/h4,7-8H,2-3,5-6H2,1H3. The van der Waals surface area contributed by atoms with Crippen molar-refractivity contribution < 1.29 is 4.74 Å². The number of halogens is 1. The Morgan fingerprint density at radius 3 is 3.25 bits per heavy atom. The second-order valence-corrected chi connectivity index (χ2v) is 4.63. The van der Waals surface area contributed by atoms with Gasteiger partial charge in [0.2, 0.25) is 0 Å². The first-order valence-electron chi connectivity index (χ1n) is 5.11. The van der Waals surface area contributed by atoms with E-state index in [-0.39, 0.29) is 6.04 Å². The van der Waals surface area contributed by atoms with Crippen molar-refractivity contribution in [1.82, 2.24) is 9.97 Å². The highest BCUT2D eigenvalue weighted by molar-refractivity contribution is 7.98. The summed E-state index contributed by atoms with van der Waals surface area (Å²) < 4.78 is 5.41. The number of nitrogens with zero attached hydrogens (tertiary/aromatic N) is 3. The molecule has 0 spiro atoms. The van der Waals surface area contributed by atoms with Gasteiger partial charge >= 0.3 is 0 Å². The average molecular weight is 260 g/mol. The molecule has 2 heterocycles. The summed E-state index contributed by atoms with van der Waals surface area (Å²) in [5.74, 6) is 1.49. The molecule has 4 nitrogen and oxygen atoms in total. The summed E-state index contributed by atoms with van der Waals surface area (Å²) in [6.45, 7) is 2.23. The van der Waals surface area contributed by atoms with Gasteiger partial charge in [0.05, 0.1) is 19.3 Å². The van der Waals surface area contributed by atoms with Crippen LogP contribution < -0.4 is 4.90 Å². The van der Waals surface area contributed by atoms with Crippen LogP contribution in [-0.2, 0) is 4.74 Å². The molecule has 0 aromatic carbocycles. The highest BCUT2D eigenvalue weighted by Crippen LogP contribution is 2.21. The van der Waals surface area contributed by atoms with E-state index in [1.807, 2.05) is 12.3 Å². The Hall–Kier alpha value is -0.520. The van der Waals surface area contributed by atoms with Gasteiger partial charge in [-0.2, -0.15) is 0 Å². The molecule has 1 aliphatic rings. The fourth-order valence-corrected chi connectivity index (χ4v) is 2.31. The molecule has 0 saturated carbocycles. The van der Waals surface area contributed by atoms with Gasteiger partial charge in [-0.3, -0.25) is 0 Å². The van der Waals surface area contributed by atoms with Crippen molar-refractivity contribution in [1.29, 1.82) is 0 Å². The molecule has 0 bridgehead atoms. The predicted octanol–water partition coefficient (Wildman–Crippen LogP) is 1.64. The minimum Gasteiger partial charge on any atom is -0.377 e. The summed E-state index contributed by atoms with van der Waals surface area (Å²) in [6.07, 6.45) is 3.60. The number of hydrogen-bond donors (Lipinski definition) is 0. The molecule has 1 aliphatic heterocycles. The molecule has 6 heteroatoms. The van der Waals surface area contributed by atoms with E-state index < -0.39 is 0 Å². The molecule has 0 amide bonds. The van der Waals surface area contributed by atoms with Crippen LogP contribution >= 0.6 is 23.4 Å². The Morgan fingerprint density at radius 2 is 2.50 bits per heavy atom. The van der Waals surface area contributed by atoms with Gasteiger partial charge < -0.3 is 9.64 Å². The van der Waals surface area contributed by atoms with Gasteiger partial charge in [-0.1, -0.05) is 0 Å². The quantitative estimate of drug-likeness (QED) is 0.469. The molecule has 0 aliphatic carbocycles. The lowest BCUT2D eigenvalue weighted by Crippen LogP contribution is -2.47. The molecule has 1 unspecified atom stereocenters. The molecule has 1 aromatic rings. The van der Waals surface area contributed by atoms with Gasteiger partial charge in [-0.15, -0.1) is 23.4 Å². The molecule has 1 fully saturated rings. The number of morpholine rings is 1. The lowest BCUT2D eigenvalue weighted by Gasteiger charge is -2.35. The number of aromatic nitrogens is 2. The number of alkyl halides is 1. The third-order valence-corrected chi connectivity index (χ3v) is 3.53. The summed E-state index contributed by atoms with van der Waals surface area (Å²) in [4.78, 5) is 10.7. The van der Waals surface area contributed by atoms with Crippen molar-refractivity contribution in [2.45, 2.75) is 11.1 Å². The first-order chi connectivity index (χ1) is 7.85. The van der Waals surface area contributed by atoms with E-state index in [4.69, 9.17) is 16.3 Å². The number of thioether (sulfide) groups is 1. The van der Waals surface area contributed by atoms with Crippen LogP contribution in [0.1, 0.15) is 0 Å². The van der Waals surface area contributed by atoms with Gasteiger partial charge in [0, 0.05) is 18.5 Å². The van der Waals surface area contributed by atoms with Crippen molar-refractivity contribution in [3.05, 3.63) is 12.4 Å². The molecule has 2 rings (SSSR count). The Morgan fingerprint density at radius 1 is 1.62 bits per heavy atom. The first kappa shape index (κ1) is 12.0. The van der Waals surface area contributed by atoms with Gasteiger partial charge in [0.15, 0.2) is 0 Å². The minimum atomic E-state index is 0.208. The van der Waals surface area contributed by atoms with E-state index in [1.165, 1.54) is 0 Å². The minimum absolute atomic E-state index is 0.208. The zero-order chi connectivity index (χ0) is 11.4. The number of anilines is 1. The average Bonchev–Trinajstić information content (AvgIpc) is 2.38. The Balaban J connectivity index is 2.20. The van der Waals surface area contributed by atoms with Crippen molar-refractivity contribution in [2.75, 3.05) is 36.8 Å². The van der Waals surface area contributed by atoms with Crippen molar-refractivity contribution in [3.8, 4) is 0 Å². The molecule has 1 atom stereocenters. The Labute approximate surface area is 104 Å². The topological polar surface area (TPSA) is 38.2 Å². The third kappa shape index (κ3) is 2.59. The van der Waals surface area contributed by atoms with Crippen molar-refractivity contribution in [2.24, 2.45) is 0 Å². The number of ether oxygens (including phenoxy) is 1. The molecule has 88 valence electrons. The van der Waals surface area contributed by atoms with Crippen molar-refractivity contribution >= 4 is 29.2 Å². The SMILES string of the molecule is CSc1cc(N2CCOCC2CCl)ncn1. The number of hydrogen-bond acceptors (Lipinski definition) is 5. The van der Waals surface area contributed by atoms with Crippen LogP contribution in [0.25, 0.3) is 0 Å². The predicted molar refractivity (Wildman–Crippen MR) is 66.5 cm³/mol. The molecule has 0 radical (unpaired) electrons. The van der Waals surface area contributed by atoms with Gasteiger partial charge in [0.1, 0.15) is 17.2 Å². The summed E-state index contributed by atoms with van der Waals surface area (Å²) in [6, 6.07) is 2.20. The molecular formula is C10H14ClN3OS. The van der Waals surface area contributed by atoms with E-state index in [9.17, 15) is 0 Å². The summed E-state index contributed by atoms with van der Waals surface area (Å²) in [7, 11) is 0. The van der Waals surface area contributed by atoms with E-state index >= 15 is 0 Å². The van der Waals surface area contributed by atoms with E-state index in [1.54, 1.807) is 18.1 Å². The Kier molecular flexibility index (Phi) is 4.26. The highest BCUT2D eigenvalue weighted by Gasteiger charge is 2.23. The third-order valence-electron chi connectivity index (χ3n) is 2.54.